The maximum atomic E-state index is 11.4. The minimum atomic E-state index is -1.05. The van der Waals surface area contributed by atoms with Gasteiger partial charge < -0.3 is 15.9 Å². The van der Waals surface area contributed by atoms with Crippen molar-refractivity contribution in [1.29, 1.82) is 0 Å². The Kier molecular flexibility index (Phi) is 3.28. The van der Waals surface area contributed by atoms with Gasteiger partial charge in [-0.25, -0.2) is 0 Å². The average Bonchev–Trinajstić information content (AvgIpc) is 2.18. The summed E-state index contributed by atoms with van der Waals surface area (Å²) in [6.45, 7) is 0. The lowest BCUT2D eigenvalue weighted by Gasteiger charge is -2.03. The summed E-state index contributed by atoms with van der Waals surface area (Å²) >= 11 is 0. The molecule has 0 spiro atoms. The Morgan fingerprint density at radius 3 is 2.53 bits per heavy atom. The zero-order chi connectivity index (χ0) is 11.4. The first kappa shape index (κ1) is 11.0. The van der Waals surface area contributed by atoms with Crippen molar-refractivity contribution >= 4 is 17.4 Å². The molecule has 0 saturated carbocycles. The molecule has 0 amide bonds. The van der Waals surface area contributed by atoms with Crippen LogP contribution in [0.4, 0.5) is 5.69 Å². The molecule has 0 atom stereocenters. The number of benzene rings is 1. The summed E-state index contributed by atoms with van der Waals surface area (Å²) in [4.78, 5) is 21.7. The number of aliphatic carboxylic acids is 1. The van der Waals surface area contributed by atoms with Gasteiger partial charge >= 0.3 is 5.97 Å². The van der Waals surface area contributed by atoms with E-state index in [0.717, 1.165) is 0 Å². The zero-order valence-corrected chi connectivity index (χ0v) is 7.93. The van der Waals surface area contributed by atoms with E-state index in [1.807, 2.05) is 0 Å². The number of carbonyl (C=O) groups excluding carboxylic acids is 1. The number of rotatable bonds is 4. The lowest BCUT2D eigenvalue weighted by molar-refractivity contribution is -0.136. The standard InChI is InChI=1S/C10H11NO4/c11-6-1-2-8(12)7(5-6)9(13)3-4-10(14)15/h1-2,5,12H,3-4,11H2,(H,14,15). The van der Waals surface area contributed by atoms with E-state index in [1.165, 1.54) is 18.2 Å². The molecule has 4 N–H and O–H groups in total. The van der Waals surface area contributed by atoms with Gasteiger partial charge in [-0.3, -0.25) is 9.59 Å². The molecule has 0 unspecified atom stereocenters. The maximum absolute atomic E-state index is 11.4. The molecule has 5 nitrogen and oxygen atoms in total. The number of phenolic OH excluding ortho intramolecular Hbond substituents is 1. The number of nitrogens with two attached hydrogens (primary N) is 1. The van der Waals surface area contributed by atoms with Crippen molar-refractivity contribution in [2.75, 3.05) is 5.73 Å². The highest BCUT2D eigenvalue weighted by Crippen LogP contribution is 2.21. The number of nitrogen functional groups attached to an aromatic ring is 1. The van der Waals surface area contributed by atoms with E-state index in [2.05, 4.69) is 0 Å². The second-order valence-corrected chi connectivity index (χ2v) is 3.09. The molecule has 0 fully saturated rings. The summed E-state index contributed by atoms with van der Waals surface area (Å²) in [6.07, 6.45) is -0.403. The number of anilines is 1. The van der Waals surface area contributed by atoms with Crippen LogP contribution in [0.25, 0.3) is 0 Å². The van der Waals surface area contributed by atoms with Crippen molar-refractivity contribution in [1.82, 2.24) is 0 Å². The van der Waals surface area contributed by atoms with E-state index in [1.54, 1.807) is 0 Å². The second kappa shape index (κ2) is 4.45. The van der Waals surface area contributed by atoms with Crippen LogP contribution in [0.1, 0.15) is 23.2 Å². The number of phenols is 1. The molecule has 5 heteroatoms. The molecule has 0 bridgehead atoms. The van der Waals surface area contributed by atoms with Crippen molar-refractivity contribution < 1.29 is 19.8 Å². The Morgan fingerprint density at radius 2 is 1.93 bits per heavy atom. The highest BCUT2D eigenvalue weighted by molar-refractivity contribution is 6.00. The lowest BCUT2D eigenvalue weighted by atomic mass is 10.0. The van der Waals surface area contributed by atoms with Crippen LogP contribution >= 0.6 is 0 Å². The normalized spacial score (nSPS) is 9.87. The van der Waals surface area contributed by atoms with Crippen LogP contribution < -0.4 is 5.73 Å². The predicted molar refractivity (Wildman–Crippen MR) is 53.7 cm³/mol. The van der Waals surface area contributed by atoms with Crippen LogP contribution in [0, 0.1) is 0 Å². The lowest BCUT2D eigenvalue weighted by Crippen LogP contribution is -2.04. The Bertz CT molecular complexity index is 400. The molecule has 0 aliphatic heterocycles. The van der Waals surface area contributed by atoms with E-state index >= 15 is 0 Å². The summed E-state index contributed by atoms with van der Waals surface area (Å²) in [5.74, 6) is -1.66. The Hall–Kier alpha value is -2.04. The van der Waals surface area contributed by atoms with Crippen molar-refractivity contribution in [2.24, 2.45) is 0 Å². The van der Waals surface area contributed by atoms with Crippen LogP contribution in [-0.2, 0) is 4.79 Å². The number of hydrogen-bond donors (Lipinski definition) is 3. The highest BCUT2D eigenvalue weighted by Gasteiger charge is 2.12. The van der Waals surface area contributed by atoms with Gasteiger partial charge in [-0.2, -0.15) is 0 Å². The largest absolute Gasteiger partial charge is 0.507 e. The Balaban J connectivity index is 2.81. The first-order valence-corrected chi connectivity index (χ1v) is 4.34. The van der Waals surface area contributed by atoms with E-state index in [0.29, 0.717) is 5.69 Å². The third kappa shape index (κ3) is 2.98. The van der Waals surface area contributed by atoms with Crippen LogP contribution in [0.15, 0.2) is 18.2 Å². The fourth-order valence-corrected chi connectivity index (χ4v) is 1.13. The number of aromatic hydroxyl groups is 1. The van der Waals surface area contributed by atoms with E-state index in [4.69, 9.17) is 10.8 Å². The van der Waals surface area contributed by atoms with Gasteiger partial charge in [0.15, 0.2) is 5.78 Å². The van der Waals surface area contributed by atoms with Gasteiger partial charge in [0.1, 0.15) is 5.75 Å². The van der Waals surface area contributed by atoms with E-state index in [9.17, 15) is 14.7 Å². The Morgan fingerprint density at radius 1 is 1.27 bits per heavy atom. The van der Waals surface area contributed by atoms with Crippen molar-refractivity contribution in [3.63, 3.8) is 0 Å². The molecule has 0 saturated heterocycles. The van der Waals surface area contributed by atoms with Crippen LogP contribution in [0.3, 0.4) is 0 Å². The predicted octanol–water partition coefficient (Wildman–Crippen LogP) is 1.02. The number of ketones is 1. The molecular weight excluding hydrogens is 198 g/mol. The van der Waals surface area contributed by atoms with Gasteiger partial charge in [0.25, 0.3) is 0 Å². The van der Waals surface area contributed by atoms with Crippen molar-refractivity contribution in [3.05, 3.63) is 23.8 Å². The fraction of sp³-hybridized carbons (Fsp3) is 0.200. The molecule has 80 valence electrons. The van der Waals surface area contributed by atoms with Crippen molar-refractivity contribution in [3.8, 4) is 5.75 Å². The molecule has 1 aromatic rings. The molecule has 0 aliphatic rings. The minimum Gasteiger partial charge on any atom is -0.507 e. The molecule has 15 heavy (non-hydrogen) atoms. The molecule has 0 aliphatic carbocycles. The number of hydrogen-bond acceptors (Lipinski definition) is 4. The van der Waals surface area contributed by atoms with Crippen LogP contribution in [0.2, 0.25) is 0 Å². The second-order valence-electron chi connectivity index (χ2n) is 3.09. The van der Waals surface area contributed by atoms with Crippen LogP contribution in [0.5, 0.6) is 5.75 Å². The fourth-order valence-electron chi connectivity index (χ4n) is 1.13. The van der Waals surface area contributed by atoms with Gasteiger partial charge in [0, 0.05) is 12.1 Å². The highest BCUT2D eigenvalue weighted by atomic mass is 16.4. The van der Waals surface area contributed by atoms with Crippen LogP contribution in [-0.4, -0.2) is 22.0 Å². The number of carbonyl (C=O) groups is 2. The molecule has 0 heterocycles. The van der Waals surface area contributed by atoms with Gasteiger partial charge in [-0.15, -0.1) is 0 Å². The van der Waals surface area contributed by atoms with Gasteiger partial charge in [-0.1, -0.05) is 0 Å². The number of carboxylic acids is 1. The molecule has 0 radical (unpaired) electrons. The average molecular weight is 209 g/mol. The zero-order valence-electron chi connectivity index (χ0n) is 7.93. The van der Waals surface area contributed by atoms with Crippen molar-refractivity contribution in [2.45, 2.75) is 12.8 Å². The molecule has 1 rings (SSSR count). The summed E-state index contributed by atoms with van der Waals surface area (Å²) in [5, 5.41) is 17.7. The number of Topliss-reactive ketones (excluding diaryl/α,β-unsaturated/α-hetero) is 1. The monoisotopic (exact) mass is 209 g/mol. The quantitative estimate of drug-likeness (QED) is 0.390. The Labute approximate surface area is 86.1 Å². The maximum Gasteiger partial charge on any atom is 0.303 e. The SMILES string of the molecule is Nc1ccc(O)c(C(=O)CCC(=O)O)c1. The first-order valence-electron chi connectivity index (χ1n) is 4.34. The molecule has 1 aromatic carbocycles. The van der Waals surface area contributed by atoms with Gasteiger partial charge in [0.05, 0.1) is 12.0 Å². The molecule has 0 aromatic heterocycles. The van der Waals surface area contributed by atoms with Gasteiger partial charge in [0.2, 0.25) is 0 Å². The van der Waals surface area contributed by atoms with E-state index < -0.39 is 11.8 Å². The number of carboxylic acid groups (broad SMARTS) is 1. The third-order valence-electron chi connectivity index (χ3n) is 1.89. The topological polar surface area (TPSA) is 101 Å². The van der Waals surface area contributed by atoms with Gasteiger partial charge in [-0.05, 0) is 18.2 Å². The smallest absolute Gasteiger partial charge is 0.303 e. The molecular formula is C10H11NO4. The summed E-state index contributed by atoms with van der Waals surface area (Å²) < 4.78 is 0. The first-order chi connectivity index (χ1) is 7.00. The minimum absolute atomic E-state index is 0.0660. The summed E-state index contributed by atoms with van der Waals surface area (Å²) in [6, 6.07) is 4.10. The summed E-state index contributed by atoms with van der Waals surface area (Å²) in [7, 11) is 0. The third-order valence-corrected chi connectivity index (χ3v) is 1.89. The summed E-state index contributed by atoms with van der Waals surface area (Å²) in [5.41, 5.74) is 5.86. The van der Waals surface area contributed by atoms with E-state index in [-0.39, 0.29) is 24.2 Å².